The molecule has 4 fully saturated rings. The highest BCUT2D eigenvalue weighted by Gasteiger charge is 2.83. The molecule has 9 nitrogen and oxygen atoms in total. The first-order valence-electron chi connectivity index (χ1n) is 14.0. The summed E-state index contributed by atoms with van der Waals surface area (Å²) in [7, 11) is 0. The monoisotopic (exact) mass is 534 g/mol. The second-order valence-electron chi connectivity index (χ2n) is 13.5. The van der Waals surface area contributed by atoms with E-state index in [1.54, 1.807) is 20.8 Å². The molecule has 2 heterocycles. The summed E-state index contributed by atoms with van der Waals surface area (Å²) in [5.41, 5.74) is -1.54. The van der Waals surface area contributed by atoms with Crippen molar-refractivity contribution in [3.63, 3.8) is 0 Å². The molecule has 0 aromatic rings. The number of esters is 2. The molecule has 0 aromatic carbocycles. The van der Waals surface area contributed by atoms with Gasteiger partial charge in [0.25, 0.3) is 0 Å². The predicted molar refractivity (Wildman–Crippen MR) is 134 cm³/mol. The molecule has 2 saturated heterocycles. The van der Waals surface area contributed by atoms with Crippen LogP contribution in [0.3, 0.4) is 0 Å². The highest BCUT2D eigenvalue weighted by atomic mass is 16.7. The molecular formula is C29H42O9. The molecule has 212 valence electrons. The summed E-state index contributed by atoms with van der Waals surface area (Å²) in [6.07, 6.45) is -3.01. The molecule has 2 aliphatic heterocycles. The van der Waals surface area contributed by atoms with Crippen molar-refractivity contribution >= 4 is 17.7 Å². The van der Waals surface area contributed by atoms with Crippen LogP contribution < -0.4 is 0 Å². The molecule has 0 radical (unpaired) electrons. The first kappa shape index (κ1) is 27.7. The SMILES string of the molecule is CC1=CC(=O)[C@@H](O)[C@]2(C)[C@H]3[C@@]4(O)OC[C@]35[C@H]([C@@H](C)[C@H]4O)[C@@H](OC(=O)CC(C(C)C)C(C)C)C(=O)O[C@@H]5C[C@@H]12. The van der Waals surface area contributed by atoms with Gasteiger partial charge in [0.1, 0.15) is 18.3 Å². The van der Waals surface area contributed by atoms with E-state index in [2.05, 4.69) is 0 Å². The zero-order chi connectivity index (χ0) is 28.1. The zero-order valence-corrected chi connectivity index (χ0v) is 23.3. The molecule has 0 unspecified atom stereocenters. The van der Waals surface area contributed by atoms with E-state index in [0.29, 0.717) is 6.42 Å². The van der Waals surface area contributed by atoms with Gasteiger partial charge in [0, 0.05) is 29.1 Å². The fourth-order valence-corrected chi connectivity index (χ4v) is 9.36. The summed E-state index contributed by atoms with van der Waals surface area (Å²) in [5, 5.41) is 34.7. The van der Waals surface area contributed by atoms with Gasteiger partial charge in [0.2, 0.25) is 6.10 Å². The quantitative estimate of drug-likeness (QED) is 0.452. The van der Waals surface area contributed by atoms with Crippen LogP contribution in [0.1, 0.15) is 61.3 Å². The fraction of sp³-hybridized carbons (Fsp3) is 0.828. The van der Waals surface area contributed by atoms with Crippen molar-refractivity contribution in [2.75, 3.05) is 6.61 Å². The van der Waals surface area contributed by atoms with Gasteiger partial charge >= 0.3 is 11.9 Å². The third-order valence-electron chi connectivity index (χ3n) is 11.0. The second-order valence-corrected chi connectivity index (χ2v) is 13.5. The lowest BCUT2D eigenvalue weighted by molar-refractivity contribution is -0.340. The number of hydrogen-bond acceptors (Lipinski definition) is 9. The van der Waals surface area contributed by atoms with Crippen LogP contribution >= 0.6 is 0 Å². The molecule has 9 heteroatoms. The molecule has 1 spiro atoms. The van der Waals surface area contributed by atoms with Crippen LogP contribution in [-0.2, 0) is 28.6 Å². The Morgan fingerprint density at radius 1 is 1.18 bits per heavy atom. The summed E-state index contributed by atoms with van der Waals surface area (Å²) < 4.78 is 17.9. The smallest absolute Gasteiger partial charge is 0.348 e. The van der Waals surface area contributed by atoms with Gasteiger partial charge in [-0.25, -0.2) is 4.79 Å². The van der Waals surface area contributed by atoms with E-state index in [9.17, 15) is 29.7 Å². The lowest BCUT2D eigenvalue weighted by atomic mass is 9.38. The maximum Gasteiger partial charge on any atom is 0.348 e. The van der Waals surface area contributed by atoms with Crippen molar-refractivity contribution in [1.29, 1.82) is 0 Å². The highest BCUT2D eigenvalue weighted by molar-refractivity contribution is 5.96. The number of fused-ring (bicyclic) bond motifs is 1. The van der Waals surface area contributed by atoms with Gasteiger partial charge in [-0.3, -0.25) is 9.59 Å². The summed E-state index contributed by atoms with van der Waals surface area (Å²) in [4.78, 5) is 39.6. The Bertz CT molecular complexity index is 1060. The van der Waals surface area contributed by atoms with E-state index in [0.717, 1.165) is 5.57 Å². The predicted octanol–water partition coefficient (Wildman–Crippen LogP) is 2.01. The Morgan fingerprint density at radius 3 is 2.42 bits per heavy atom. The number of hydrogen-bond donors (Lipinski definition) is 3. The minimum Gasteiger partial charge on any atom is -0.459 e. The molecule has 11 atom stereocenters. The Kier molecular flexibility index (Phi) is 6.46. The van der Waals surface area contributed by atoms with Crippen LogP contribution in [0.2, 0.25) is 0 Å². The van der Waals surface area contributed by atoms with Crippen molar-refractivity contribution in [1.82, 2.24) is 0 Å². The van der Waals surface area contributed by atoms with Gasteiger partial charge < -0.3 is 29.5 Å². The topological polar surface area (TPSA) is 140 Å². The summed E-state index contributed by atoms with van der Waals surface area (Å²) in [6, 6.07) is 0. The van der Waals surface area contributed by atoms with Gasteiger partial charge in [0.15, 0.2) is 11.6 Å². The maximum atomic E-state index is 13.5. The first-order valence-corrected chi connectivity index (χ1v) is 14.0. The molecule has 3 aliphatic carbocycles. The summed E-state index contributed by atoms with van der Waals surface area (Å²) in [5.74, 6) is -5.95. The molecule has 5 rings (SSSR count). The van der Waals surface area contributed by atoms with Gasteiger partial charge in [-0.15, -0.1) is 0 Å². The number of ether oxygens (including phenoxy) is 3. The van der Waals surface area contributed by atoms with E-state index in [4.69, 9.17) is 14.2 Å². The molecule has 2 bridgehead atoms. The standard InChI is InChI=1S/C29H42O9/c1-12(2)16(13(3)4)9-20(31)38-22-21-15(6)23(32)29(35)26-27(7)17(14(5)8-18(30)24(27)33)10-19(37-25(22)34)28(21,26)11-36-29/h8,12-13,15-17,19,21-24,26,32-33,35H,9-11H2,1-7H3/t15-,17+,19-,21-,22-,23-,24-,26-,27-,28+,29+/m1/s1. The Hall–Kier alpha value is -1.81. The lowest BCUT2D eigenvalue weighted by Gasteiger charge is -2.68. The fourth-order valence-electron chi connectivity index (χ4n) is 9.36. The Morgan fingerprint density at radius 2 is 1.82 bits per heavy atom. The van der Waals surface area contributed by atoms with Crippen LogP contribution in [0.15, 0.2) is 11.6 Å². The molecule has 38 heavy (non-hydrogen) atoms. The third kappa shape index (κ3) is 3.40. The molecule has 3 N–H and O–H groups in total. The van der Waals surface area contributed by atoms with Crippen LogP contribution in [0.25, 0.3) is 0 Å². The van der Waals surface area contributed by atoms with Crippen LogP contribution in [-0.4, -0.2) is 69.9 Å². The van der Waals surface area contributed by atoms with Gasteiger partial charge in [-0.1, -0.05) is 47.1 Å². The average Bonchev–Trinajstić information content (AvgIpc) is 3.12. The van der Waals surface area contributed by atoms with Crippen molar-refractivity contribution in [2.24, 2.45) is 52.3 Å². The largest absolute Gasteiger partial charge is 0.459 e. The number of aliphatic hydroxyl groups is 3. The van der Waals surface area contributed by atoms with E-state index < -0.39 is 82.4 Å². The van der Waals surface area contributed by atoms with E-state index in [-0.39, 0.29) is 30.8 Å². The van der Waals surface area contributed by atoms with Crippen molar-refractivity contribution < 1.29 is 43.9 Å². The second kappa shape index (κ2) is 8.85. The number of rotatable bonds is 5. The van der Waals surface area contributed by atoms with Gasteiger partial charge in [-0.2, -0.15) is 0 Å². The molecule has 5 aliphatic rings. The van der Waals surface area contributed by atoms with Crippen LogP contribution in [0.5, 0.6) is 0 Å². The Balaban J connectivity index is 1.59. The first-order chi connectivity index (χ1) is 17.6. The minimum atomic E-state index is -2.07. The molecule has 0 aromatic heterocycles. The number of carbonyl (C=O) groups excluding carboxylic acids is 3. The van der Waals surface area contributed by atoms with E-state index in [1.165, 1.54) is 6.08 Å². The number of allylic oxidation sites excluding steroid dienone is 1. The van der Waals surface area contributed by atoms with Gasteiger partial charge in [0.05, 0.1) is 6.61 Å². The minimum absolute atomic E-state index is 0.0567. The molecular weight excluding hydrogens is 492 g/mol. The average molecular weight is 535 g/mol. The van der Waals surface area contributed by atoms with E-state index >= 15 is 0 Å². The lowest BCUT2D eigenvalue weighted by Crippen LogP contribution is -2.78. The third-order valence-corrected chi connectivity index (χ3v) is 11.0. The maximum absolute atomic E-state index is 13.5. The molecule has 0 amide bonds. The van der Waals surface area contributed by atoms with Crippen molar-refractivity contribution in [3.8, 4) is 0 Å². The highest BCUT2D eigenvalue weighted by Crippen LogP contribution is 2.73. The summed E-state index contributed by atoms with van der Waals surface area (Å²) in [6.45, 7) is 13.4. The van der Waals surface area contributed by atoms with Crippen molar-refractivity contribution in [2.45, 2.75) is 91.5 Å². The van der Waals surface area contributed by atoms with Crippen molar-refractivity contribution in [3.05, 3.63) is 11.6 Å². The molecule has 2 saturated carbocycles. The Labute approximate surface area is 223 Å². The van der Waals surface area contributed by atoms with E-state index in [1.807, 2.05) is 27.7 Å². The summed E-state index contributed by atoms with van der Waals surface area (Å²) >= 11 is 0. The van der Waals surface area contributed by atoms with Crippen LogP contribution in [0.4, 0.5) is 0 Å². The number of ketones is 1. The zero-order valence-electron chi connectivity index (χ0n) is 23.3. The number of carbonyl (C=O) groups is 3. The van der Waals surface area contributed by atoms with Gasteiger partial charge in [-0.05, 0) is 49.0 Å². The van der Waals surface area contributed by atoms with Crippen LogP contribution in [0, 0.1) is 52.3 Å². The normalized spacial score (nSPS) is 47.6. The number of aliphatic hydroxyl groups excluding tert-OH is 2.